The van der Waals surface area contributed by atoms with Crippen LogP contribution >= 0.6 is 0 Å². The summed E-state index contributed by atoms with van der Waals surface area (Å²) in [6, 6.07) is 12.6. The number of carbonyl (C=O) groups excluding carboxylic acids is 1. The molecule has 7 heteroatoms. The number of hydrogen-bond acceptors (Lipinski definition) is 4. The van der Waals surface area contributed by atoms with Crippen LogP contribution in [0.15, 0.2) is 42.5 Å². The van der Waals surface area contributed by atoms with E-state index in [0.29, 0.717) is 23.4 Å². The summed E-state index contributed by atoms with van der Waals surface area (Å²) in [5, 5.41) is 2.88. The molecule has 0 radical (unpaired) electrons. The van der Waals surface area contributed by atoms with Crippen molar-refractivity contribution >= 4 is 21.6 Å². The molecule has 2 aromatic rings. The first-order chi connectivity index (χ1) is 12.6. The fourth-order valence-electron chi connectivity index (χ4n) is 2.67. The van der Waals surface area contributed by atoms with Crippen LogP contribution in [0.4, 0.5) is 5.69 Å². The van der Waals surface area contributed by atoms with Crippen LogP contribution in [-0.2, 0) is 16.6 Å². The molecule has 2 aromatic carbocycles. The summed E-state index contributed by atoms with van der Waals surface area (Å²) in [4.78, 5) is 12.6. The molecule has 0 aliphatic heterocycles. The maximum absolute atomic E-state index is 12.6. The number of sulfonamides is 1. The molecule has 146 valence electrons. The molecular weight excluding hydrogens is 364 g/mol. The molecular formula is C20H26N2O4S. The van der Waals surface area contributed by atoms with Crippen LogP contribution in [0.5, 0.6) is 5.75 Å². The highest BCUT2D eigenvalue weighted by molar-refractivity contribution is 7.92. The van der Waals surface area contributed by atoms with Crippen molar-refractivity contribution < 1.29 is 17.9 Å². The van der Waals surface area contributed by atoms with Gasteiger partial charge in [-0.1, -0.05) is 18.2 Å². The summed E-state index contributed by atoms with van der Waals surface area (Å²) in [5.74, 6) is 0.496. The second-order valence-corrected chi connectivity index (χ2v) is 8.69. The van der Waals surface area contributed by atoms with Gasteiger partial charge in [0.05, 0.1) is 18.0 Å². The standard InChI is InChI=1S/C20H26N2O4S/c1-14(2)26-17-9-6-8-16(12-17)13-21-20(23)18-10-7-11-19(15(18)3)22(4)27(5,24)25/h6-12,14H,13H2,1-5H3,(H,21,23). The summed E-state index contributed by atoms with van der Waals surface area (Å²) in [7, 11) is -1.93. The van der Waals surface area contributed by atoms with Crippen LogP contribution < -0.4 is 14.4 Å². The van der Waals surface area contributed by atoms with Gasteiger partial charge in [0, 0.05) is 19.2 Å². The van der Waals surface area contributed by atoms with E-state index in [1.807, 2.05) is 38.1 Å². The summed E-state index contributed by atoms with van der Waals surface area (Å²) < 4.78 is 30.4. The molecule has 1 N–H and O–H groups in total. The monoisotopic (exact) mass is 390 g/mol. The second kappa shape index (κ2) is 8.43. The van der Waals surface area contributed by atoms with E-state index >= 15 is 0 Å². The van der Waals surface area contributed by atoms with Gasteiger partial charge in [0.25, 0.3) is 5.91 Å². The Bertz CT molecular complexity index is 923. The lowest BCUT2D eigenvalue weighted by molar-refractivity contribution is 0.0950. The van der Waals surface area contributed by atoms with E-state index < -0.39 is 10.0 Å². The van der Waals surface area contributed by atoms with Crippen LogP contribution in [0, 0.1) is 6.92 Å². The van der Waals surface area contributed by atoms with Gasteiger partial charge in [-0.2, -0.15) is 0 Å². The molecule has 27 heavy (non-hydrogen) atoms. The number of nitrogens with one attached hydrogen (secondary N) is 1. The number of ether oxygens (including phenoxy) is 1. The number of anilines is 1. The molecule has 0 bridgehead atoms. The fraction of sp³-hybridized carbons (Fsp3) is 0.350. The van der Waals surface area contributed by atoms with Gasteiger partial charge in [0.15, 0.2) is 0 Å². The third-order valence-electron chi connectivity index (χ3n) is 4.11. The van der Waals surface area contributed by atoms with Crippen LogP contribution in [0.3, 0.4) is 0 Å². The Hall–Kier alpha value is -2.54. The minimum atomic E-state index is -3.40. The molecule has 0 unspecified atom stereocenters. The summed E-state index contributed by atoms with van der Waals surface area (Å²) in [6.45, 7) is 6.00. The Morgan fingerprint density at radius 3 is 2.48 bits per heavy atom. The zero-order chi connectivity index (χ0) is 20.2. The zero-order valence-corrected chi connectivity index (χ0v) is 17.1. The Balaban J connectivity index is 2.15. The minimum Gasteiger partial charge on any atom is -0.491 e. The van der Waals surface area contributed by atoms with Crippen LogP contribution in [-0.4, -0.2) is 33.7 Å². The molecule has 1 amide bonds. The zero-order valence-electron chi connectivity index (χ0n) is 16.3. The fourth-order valence-corrected chi connectivity index (χ4v) is 3.22. The first-order valence-corrected chi connectivity index (χ1v) is 10.5. The van der Waals surface area contributed by atoms with E-state index in [4.69, 9.17) is 4.74 Å². The quantitative estimate of drug-likeness (QED) is 0.788. The third kappa shape index (κ3) is 5.47. The molecule has 0 atom stereocenters. The molecule has 2 rings (SSSR count). The summed E-state index contributed by atoms with van der Waals surface area (Å²) >= 11 is 0. The molecule has 0 aliphatic rings. The Morgan fingerprint density at radius 2 is 1.85 bits per heavy atom. The van der Waals surface area contributed by atoms with Crippen LogP contribution in [0.2, 0.25) is 0 Å². The predicted molar refractivity (Wildman–Crippen MR) is 108 cm³/mol. The summed E-state index contributed by atoms with van der Waals surface area (Å²) in [5.41, 5.74) is 2.46. The van der Waals surface area contributed by atoms with Crippen molar-refractivity contribution in [3.05, 3.63) is 59.2 Å². The highest BCUT2D eigenvalue weighted by atomic mass is 32.2. The molecule has 0 saturated heterocycles. The van der Waals surface area contributed by atoms with Gasteiger partial charge < -0.3 is 10.1 Å². The van der Waals surface area contributed by atoms with Gasteiger partial charge in [0.2, 0.25) is 10.0 Å². The van der Waals surface area contributed by atoms with Gasteiger partial charge in [-0.3, -0.25) is 9.10 Å². The largest absolute Gasteiger partial charge is 0.491 e. The number of carbonyl (C=O) groups is 1. The van der Waals surface area contributed by atoms with Crippen molar-refractivity contribution in [1.29, 1.82) is 0 Å². The maximum atomic E-state index is 12.6. The molecule has 0 aliphatic carbocycles. The van der Waals surface area contributed by atoms with Crippen molar-refractivity contribution in [2.75, 3.05) is 17.6 Å². The van der Waals surface area contributed by atoms with Crippen molar-refractivity contribution in [3.8, 4) is 5.75 Å². The van der Waals surface area contributed by atoms with Crippen molar-refractivity contribution in [1.82, 2.24) is 5.32 Å². The average Bonchev–Trinajstić information content (AvgIpc) is 2.58. The number of benzene rings is 2. The van der Waals surface area contributed by atoms with Gasteiger partial charge in [-0.05, 0) is 56.2 Å². The lowest BCUT2D eigenvalue weighted by Crippen LogP contribution is -2.28. The second-order valence-electron chi connectivity index (χ2n) is 6.68. The van der Waals surface area contributed by atoms with E-state index in [1.54, 1.807) is 25.1 Å². The van der Waals surface area contributed by atoms with Gasteiger partial charge in [-0.15, -0.1) is 0 Å². The lowest BCUT2D eigenvalue weighted by Gasteiger charge is -2.20. The highest BCUT2D eigenvalue weighted by Gasteiger charge is 2.18. The van der Waals surface area contributed by atoms with Crippen molar-refractivity contribution in [2.45, 2.75) is 33.4 Å². The normalized spacial score (nSPS) is 11.3. The molecule has 0 fully saturated rings. The van der Waals surface area contributed by atoms with E-state index in [0.717, 1.165) is 17.6 Å². The Labute approximate surface area is 161 Å². The minimum absolute atomic E-state index is 0.0760. The Kier molecular flexibility index (Phi) is 6.49. The van der Waals surface area contributed by atoms with E-state index in [-0.39, 0.29) is 12.0 Å². The molecule has 0 heterocycles. The topological polar surface area (TPSA) is 75.7 Å². The van der Waals surface area contributed by atoms with Gasteiger partial charge in [0.1, 0.15) is 5.75 Å². The van der Waals surface area contributed by atoms with Gasteiger partial charge >= 0.3 is 0 Å². The summed E-state index contributed by atoms with van der Waals surface area (Å²) in [6.07, 6.45) is 1.21. The number of hydrogen-bond donors (Lipinski definition) is 1. The van der Waals surface area contributed by atoms with Crippen LogP contribution in [0.1, 0.15) is 35.3 Å². The highest BCUT2D eigenvalue weighted by Crippen LogP contribution is 2.24. The molecule has 0 aromatic heterocycles. The average molecular weight is 391 g/mol. The van der Waals surface area contributed by atoms with E-state index in [1.165, 1.54) is 11.4 Å². The molecule has 6 nitrogen and oxygen atoms in total. The van der Waals surface area contributed by atoms with Crippen molar-refractivity contribution in [3.63, 3.8) is 0 Å². The third-order valence-corrected chi connectivity index (χ3v) is 5.30. The Morgan fingerprint density at radius 1 is 1.19 bits per heavy atom. The van der Waals surface area contributed by atoms with E-state index in [2.05, 4.69) is 5.32 Å². The first kappa shape index (κ1) is 20.8. The van der Waals surface area contributed by atoms with Crippen molar-refractivity contribution in [2.24, 2.45) is 0 Å². The predicted octanol–water partition coefficient (Wildman–Crippen LogP) is 3.11. The van der Waals surface area contributed by atoms with Gasteiger partial charge in [-0.25, -0.2) is 8.42 Å². The number of amides is 1. The lowest BCUT2D eigenvalue weighted by atomic mass is 10.1. The number of nitrogens with zero attached hydrogens (tertiary/aromatic N) is 1. The molecule has 0 saturated carbocycles. The van der Waals surface area contributed by atoms with E-state index in [9.17, 15) is 13.2 Å². The smallest absolute Gasteiger partial charge is 0.251 e. The number of rotatable bonds is 7. The molecule has 0 spiro atoms. The first-order valence-electron chi connectivity index (χ1n) is 8.67. The SMILES string of the molecule is Cc1c(C(=O)NCc2cccc(OC(C)C)c2)cccc1N(C)S(C)(=O)=O. The maximum Gasteiger partial charge on any atom is 0.251 e. The van der Waals surface area contributed by atoms with Crippen LogP contribution in [0.25, 0.3) is 0 Å².